The number of hydrogen-bond donors (Lipinski definition) is 0. The molecule has 2 aromatic rings. The number of hydrogen-bond acceptors (Lipinski definition) is 4. The van der Waals surface area contributed by atoms with E-state index in [9.17, 15) is 9.59 Å². The van der Waals surface area contributed by atoms with Crippen molar-refractivity contribution in [3.8, 4) is 0 Å². The molecule has 1 saturated heterocycles. The number of thioether (sulfide) groups is 1. The van der Waals surface area contributed by atoms with Gasteiger partial charge in [0.15, 0.2) is 4.87 Å². The number of methoxy groups -OCH3 is 1. The van der Waals surface area contributed by atoms with Gasteiger partial charge in [-0.3, -0.25) is 9.59 Å². The first-order valence-corrected chi connectivity index (χ1v) is 9.97. The third-order valence-electron chi connectivity index (χ3n) is 5.13. The third-order valence-corrected chi connectivity index (χ3v) is 6.55. The second-order valence-electron chi connectivity index (χ2n) is 6.86. The predicted octanol–water partition coefficient (Wildman–Crippen LogP) is 2.92. The lowest BCUT2D eigenvalue weighted by Crippen LogP contribution is -2.51. The van der Waals surface area contributed by atoms with E-state index in [0.29, 0.717) is 13.1 Å². The predicted molar refractivity (Wildman–Crippen MR) is 107 cm³/mol. The van der Waals surface area contributed by atoms with Crippen LogP contribution in [-0.4, -0.2) is 42.7 Å². The minimum absolute atomic E-state index is 0.0181. The van der Waals surface area contributed by atoms with Crippen molar-refractivity contribution < 1.29 is 14.3 Å². The van der Waals surface area contributed by atoms with Crippen molar-refractivity contribution in [1.82, 2.24) is 4.90 Å². The van der Waals surface area contributed by atoms with Crippen LogP contribution in [0, 0.1) is 6.92 Å². The molecule has 2 aliphatic rings. The van der Waals surface area contributed by atoms with Crippen molar-refractivity contribution >= 4 is 29.3 Å². The van der Waals surface area contributed by atoms with Crippen molar-refractivity contribution in [3.63, 3.8) is 0 Å². The number of anilines is 1. The van der Waals surface area contributed by atoms with Crippen LogP contribution in [0.4, 0.5) is 5.69 Å². The summed E-state index contributed by atoms with van der Waals surface area (Å²) in [5, 5.41) is 0. The molecule has 1 spiro atoms. The lowest BCUT2D eigenvalue weighted by Gasteiger charge is -2.33. The van der Waals surface area contributed by atoms with Crippen LogP contribution in [0.25, 0.3) is 0 Å². The summed E-state index contributed by atoms with van der Waals surface area (Å²) in [7, 11) is 1.50. The van der Waals surface area contributed by atoms with Crippen LogP contribution in [0.5, 0.6) is 0 Å². The van der Waals surface area contributed by atoms with Crippen molar-refractivity contribution in [3.05, 3.63) is 65.2 Å². The second kappa shape index (κ2) is 7.02. The van der Waals surface area contributed by atoms with E-state index in [1.165, 1.54) is 12.7 Å². The van der Waals surface area contributed by atoms with Gasteiger partial charge >= 0.3 is 0 Å². The van der Waals surface area contributed by atoms with E-state index in [1.54, 1.807) is 16.7 Å². The summed E-state index contributed by atoms with van der Waals surface area (Å²) in [6, 6.07) is 16.0. The summed E-state index contributed by atoms with van der Waals surface area (Å²) < 4.78 is 5.05. The van der Waals surface area contributed by atoms with E-state index in [-0.39, 0.29) is 18.4 Å². The lowest BCUT2D eigenvalue weighted by atomic mass is 10.1. The molecule has 4 rings (SSSR count). The highest BCUT2D eigenvalue weighted by Crippen LogP contribution is 2.54. The first-order valence-electron chi connectivity index (χ1n) is 8.98. The number of benzene rings is 2. The number of carbonyl (C=O) groups is 2. The van der Waals surface area contributed by atoms with Gasteiger partial charge in [0.1, 0.15) is 6.61 Å². The molecule has 5 nitrogen and oxygen atoms in total. The van der Waals surface area contributed by atoms with Crippen LogP contribution >= 0.6 is 11.8 Å². The van der Waals surface area contributed by atoms with Crippen LogP contribution < -0.4 is 4.90 Å². The quantitative estimate of drug-likeness (QED) is 0.816. The highest BCUT2D eigenvalue weighted by Gasteiger charge is 2.59. The summed E-state index contributed by atoms with van der Waals surface area (Å²) in [5.41, 5.74) is 4.03. The van der Waals surface area contributed by atoms with Crippen molar-refractivity contribution in [1.29, 1.82) is 0 Å². The number of carbonyl (C=O) groups excluding carboxylic acids is 2. The summed E-state index contributed by atoms with van der Waals surface area (Å²) in [6.07, 6.45) is 0. The van der Waals surface area contributed by atoms with E-state index in [0.717, 1.165) is 22.6 Å². The Kier molecular flexibility index (Phi) is 4.70. The molecule has 2 aromatic carbocycles. The molecular formula is C21H22N2O3S. The average Bonchev–Trinajstić information content (AvgIpc) is 3.21. The van der Waals surface area contributed by atoms with Gasteiger partial charge < -0.3 is 14.5 Å². The van der Waals surface area contributed by atoms with Gasteiger partial charge in [-0.05, 0) is 18.6 Å². The summed E-state index contributed by atoms with van der Waals surface area (Å²) in [5.74, 6) is 0.535. The molecule has 1 fully saturated rings. The Bertz CT molecular complexity index is 883. The zero-order chi connectivity index (χ0) is 19.0. The minimum Gasteiger partial charge on any atom is -0.375 e. The molecule has 2 heterocycles. The Morgan fingerprint density at radius 2 is 1.93 bits per heavy atom. The van der Waals surface area contributed by atoms with Gasteiger partial charge in [-0.15, -0.1) is 11.8 Å². The largest absolute Gasteiger partial charge is 0.375 e. The molecule has 0 N–H and O–H groups in total. The van der Waals surface area contributed by atoms with E-state index in [4.69, 9.17) is 4.74 Å². The molecule has 0 aliphatic carbocycles. The van der Waals surface area contributed by atoms with Gasteiger partial charge in [0.05, 0.1) is 12.2 Å². The molecule has 0 radical (unpaired) electrons. The molecular weight excluding hydrogens is 360 g/mol. The van der Waals surface area contributed by atoms with Crippen LogP contribution in [0.1, 0.15) is 16.7 Å². The lowest BCUT2D eigenvalue weighted by molar-refractivity contribution is -0.143. The van der Waals surface area contributed by atoms with Gasteiger partial charge in [-0.2, -0.15) is 0 Å². The van der Waals surface area contributed by atoms with Crippen LogP contribution in [0.3, 0.4) is 0 Å². The molecule has 0 unspecified atom stereocenters. The average molecular weight is 382 g/mol. The maximum atomic E-state index is 13.6. The Morgan fingerprint density at radius 1 is 1.19 bits per heavy atom. The molecule has 2 aliphatic heterocycles. The Balaban J connectivity index is 1.75. The number of aryl methyl sites for hydroxylation is 1. The van der Waals surface area contributed by atoms with E-state index in [2.05, 4.69) is 12.1 Å². The standard InChI is InChI=1S/C21H22N2O3S/c1-15-7-9-16(10-8-15)13-22-18-6-4-3-5-17(18)21(20(22)25)23(11-12-27-21)19(24)14-26-2/h3-10H,11-14H2,1-2H3/t21-/m0/s1. The first kappa shape index (κ1) is 18.1. The topological polar surface area (TPSA) is 49.9 Å². The number of amides is 2. The monoisotopic (exact) mass is 382 g/mol. The molecule has 0 aromatic heterocycles. The molecule has 1 atom stereocenters. The van der Waals surface area contributed by atoms with Crippen LogP contribution in [0.2, 0.25) is 0 Å². The van der Waals surface area contributed by atoms with Gasteiger partial charge in [0, 0.05) is 25.0 Å². The highest BCUT2D eigenvalue weighted by atomic mass is 32.2. The summed E-state index contributed by atoms with van der Waals surface area (Å²) in [4.78, 5) is 28.9. The van der Waals surface area contributed by atoms with Gasteiger partial charge in [0.25, 0.3) is 5.91 Å². The van der Waals surface area contributed by atoms with Crippen LogP contribution in [-0.2, 0) is 25.7 Å². The zero-order valence-corrected chi connectivity index (χ0v) is 16.3. The fourth-order valence-electron chi connectivity index (χ4n) is 3.86. The molecule has 0 bridgehead atoms. The molecule has 6 heteroatoms. The normalized spacial score (nSPS) is 21.2. The Labute approximate surface area is 163 Å². The maximum absolute atomic E-state index is 13.6. The fraction of sp³-hybridized carbons (Fsp3) is 0.333. The molecule has 0 saturated carbocycles. The first-order chi connectivity index (χ1) is 13.1. The van der Waals surface area contributed by atoms with Gasteiger partial charge in [-0.1, -0.05) is 48.0 Å². The van der Waals surface area contributed by atoms with E-state index >= 15 is 0 Å². The molecule has 2 amide bonds. The maximum Gasteiger partial charge on any atom is 0.268 e. The Morgan fingerprint density at radius 3 is 2.67 bits per heavy atom. The van der Waals surface area contributed by atoms with Gasteiger partial charge in [-0.25, -0.2) is 0 Å². The number of rotatable bonds is 4. The smallest absolute Gasteiger partial charge is 0.268 e. The van der Waals surface area contributed by atoms with E-state index in [1.807, 2.05) is 48.2 Å². The van der Waals surface area contributed by atoms with Crippen molar-refractivity contribution in [2.45, 2.75) is 18.3 Å². The van der Waals surface area contributed by atoms with Crippen LogP contribution in [0.15, 0.2) is 48.5 Å². The highest BCUT2D eigenvalue weighted by molar-refractivity contribution is 8.01. The number of para-hydroxylation sites is 1. The third kappa shape index (κ3) is 2.84. The number of ether oxygens (including phenoxy) is 1. The number of nitrogens with zero attached hydrogens (tertiary/aromatic N) is 2. The van der Waals surface area contributed by atoms with Crippen molar-refractivity contribution in [2.24, 2.45) is 0 Å². The van der Waals surface area contributed by atoms with Gasteiger partial charge in [0.2, 0.25) is 5.91 Å². The second-order valence-corrected chi connectivity index (χ2v) is 8.15. The Hall–Kier alpha value is -2.31. The zero-order valence-electron chi connectivity index (χ0n) is 15.5. The van der Waals surface area contributed by atoms with E-state index < -0.39 is 4.87 Å². The summed E-state index contributed by atoms with van der Waals surface area (Å²) >= 11 is 1.54. The number of fused-ring (bicyclic) bond motifs is 2. The fourth-order valence-corrected chi connectivity index (χ4v) is 5.34. The van der Waals surface area contributed by atoms with Crippen molar-refractivity contribution in [2.75, 3.05) is 30.9 Å². The molecule has 140 valence electrons. The minimum atomic E-state index is -0.975. The molecule has 27 heavy (non-hydrogen) atoms. The SMILES string of the molecule is COCC(=O)N1CCS[C@@]12C(=O)N(Cc1ccc(C)cc1)c1ccccc12. The summed E-state index contributed by atoms with van der Waals surface area (Å²) in [6.45, 7) is 3.06.